The molecule has 0 heterocycles. The molecule has 102 valence electrons. The Morgan fingerprint density at radius 2 is 2.16 bits per heavy atom. The molecule has 0 bridgehead atoms. The standard InChI is InChI=1S/C13H17N3O3/c1-8(9-3-4-9)15-13(17)10-5-6-11(14-2)12(7-10)16(18)19/h5-9,14H,3-4H2,1-2H3,(H,15,17)/t8-/m1/s1. The first-order valence-corrected chi connectivity index (χ1v) is 6.30. The largest absolute Gasteiger partial charge is 0.383 e. The van der Waals surface area contributed by atoms with Crippen LogP contribution in [0.25, 0.3) is 0 Å². The van der Waals surface area contributed by atoms with Crippen molar-refractivity contribution in [2.45, 2.75) is 25.8 Å². The van der Waals surface area contributed by atoms with Crippen LogP contribution in [-0.4, -0.2) is 23.9 Å². The lowest BCUT2D eigenvalue weighted by Crippen LogP contribution is -2.34. The average molecular weight is 263 g/mol. The third kappa shape index (κ3) is 3.01. The minimum atomic E-state index is -0.493. The number of nitro groups is 1. The van der Waals surface area contributed by atoms with E-state index in [0.29, 0.717) is 17.2 Å². The minimum Gasteiger partial charge on any atom is -0.383 e. The van der Waals surface area contributed by atoms with E-state index < -0.39 is 4.92 Å². The van der Waals surface area contributed by atoms with Crippen LogP contribution >= 0.6 is 0 Å². The molecule has 0 spiro atoms. The second-order valence-electron chi connectivity index (χ2n) is 4.84. The molecular weight excluding hydrogens is 246 g/mol. The van der Waals surface area contributed by atoms with Crippen LogP contribution in [0.15, 0.2) is 18.2 Å². The third-order valence-electron chi connectivity index (χ3n) is 3.41. The number of nitrogens with one attached hydrogen (secondary N) is 2. The Balaban J connectivity index is 2.17. The maximum atomic E-state index is 12.0. The molecule has 6 nitrogen and oxygen atoms in total. The van der Waals surface area contributed by atoms with Crippen molar-refractivity contribution in [1.29, 1.82) is 0 Å². The van der Waals surface area contributed by atoms with E-state index in [-0.39, 0.29) is 17.6 Å². The van der Waals surface area contributed by atoms with Gasteiger partial charge in [0.25, 0.3) is 11.6 Å². The van der Waals surface area contributed by atoms with E-state index >= 15 is 0 Å². The molecular formula is C13H17N3O3. The number of carbonyl (C=O) groups is 1. The van der Waals surface area contributed by atoms with Gasteiger partial charge in [0, 0.05) is 24.7 Å². The van der Waals surface area contributed by atoms with Gasteiger partial charge >= 0.3 is 0 Å². The first-order valence-electron chi connectivity index (χ1n) is 6.30. The van der Waals surface area contributed by atoms with E-state index in [1.807, 2.05) is 6.92 Å². The van der Waals surface area contributed by atoms with Crippen LogP contribution in [0.4, 0.5) is 11.4 Å². The molecule has 1 fully saturated rings. The summed E-state index contributed by atoms with van der Waals surface area (Å²) in [4.78, 5) is 22.4. The number of hydrogen-bond acceptors (Lipinski definition) is 4. The van der Waals surface area contributed by atoms with Gasteiger partial charge in [0.05, 0.1) is 4.92 Å². The van der Waals surface area contributed by atoms with E-state index in [0.717, 1.165) is 12.8 Å². The molecule has 1 aromatic rings. The maximum Gasteiger partial charge on any atom is 0.293 e. The molecule has 1 amide bonds. The van der Waals surface area contributed by atoms with Gasteiger partial charge in [-0.3, -0.25) is 14.9 Å². The Kier molecular flexibility index (Phi) is 3.69. The van der Waals surface area contributed by atoms with E-state index in [1.54, 1.807) is 19.2 Å². The first kappa shape index (κ1) is 13.3. The van der Waals surface area contributed by atoms with Crippen molar-refractivity contribution in [3.8, 4) is 0 Å². The maximum absolute atomic E-state index is 12.0. The fraction of sp³-hybridized carbons (Fsp3) is 0.462. The second kappa shape index (κ2) is 5.26. The second-order valence-corrected chi connectivity index (χ2v) is 4.84. The van der Waals surface area contributed by atoms with Crippen LogP contribution in [0.1, 0.15) is 30.1 Å². The Hall–Kier alpha value is -2.11. The molecule has 1 aliphatic carbocycles. The summed E-state index contributed by atoms with van der Waals surface area (Å²) < 4.78 is 0. The molecule has 1 atom stereocenters. The van der Waals surface area contributed by atoms with Gasteiger partial charge < -0.3 is 10.6 Å². The molecule has 19 heavy (non-hydrogen) atoms. The van der Waals surface area contributed by atoms with Gasteiger partial charge in [-0.05, 0) is 37.8 Å². The number of carbonyl (C=O) groups excluding carboxylic acids is 1. The van der Waals surface area contributed by atoms with Crippen LogP contribution in [0, 0.1) is 16.0 Å². The van der Waals surface area contributed by atoms with Crippen molar-refractivity contribution < 1.29 is 9.72 Å². The van der Waals surface area contributed by atoms with Gasteiger partial charge in [-0.25, -0.2) is 0 Å². The summed E-state index contributed by atoms with van der Waals surface area (Å²) in [6, 6.07) is 4.57. The highest BCUT2D eigenvalue weighted by molar-refractivity contribution is 5.95. The van der Waals surface area contributed by atoms with Crippen molar-refractivity contribution in [1.82, 2.24) is 5.32 Å². The van der Waals surface area contributed by atoms with E-state index in [9.17, 15) is 14.9 Å². The summed E-state index contributed by atoms with van der Waals surface area (Å²) in [7, 11) is 1.61. The van der Waals surface area contributed by atoms with Gasteiger partial charge in [-0.1, -0.05) is 0 Å². The number of nitrogens with zero attached hydrogens (tertiary/aromatic N) is 1. The van der Waals surface area contributed by atoms with Crippen molar-refractivity contribution in [3.05, 3.63) is 33.9 Å². The van der Waals surface area contributed by atoms with Crippen molar-refractivity contribution in [3.63, 3.8) is 0 Å². The zero-order valence-corrected chi connectivity index (χ0v) is 11.0. The molecule has 2 rings (SSSR count). The van der Waals surface area contributed by atoms with Crippen LogP contribution in [0.3, 0.4) is 0 Å². The average Bonchev–Trinajstić information content (AvgIpc) is 3.21. The molecule has 6 heteroatoms. The number of amides is 1. The topological polar surface area (TPSA) is 84.3 Å². The van der Waals surface area contributed by atoms with Gasteiger partial charge in [0.15, 0.2) is 0 Å². The van der Waals surface area contributed by atoms with Gasteiger partial charge in [0.1, 0.15) is 5.69 Å². The number of benzene rings is 1. The number of anilines is 1. The molecule has 0 saturated heterocycles. The van der Waals surface area contributed by atoms with Crippen molar-refractivity contribution in [2.75, 3.05) is 12.4 Å². The minimum absolute atomic E-state index is 0.0887. The summed E-state index contributed by atoms with van der Waals surface area (Å²) in [6.45, 7) is 1.96. The summed E-state index contributed by atoms with van der Waals surface area (Å²) in [5.41, 5.74) is 0.629. The smallest absolute Gasteiger partial charge is 0.293 e. The van der Waals surface area contributed by atoms with Crippen LogP contribution in [-0.2, 0) is 0 Å². The summed E-state index contributed by atoms with van der Waals surface area (Å²) in [5, 5.41) is 16.5. The van der Waals surface area contributed by atoms with Crippen molar-refractivity contribution in [2.24, 2.45) is 5.92 Å². The monoisotopic (exact) mass is 263 g/mol. The fourth-order valence-electron chi connectivity index (χ4n) is 2.04. The first-order chi connectivity index (χ1) is 9.02. The number of rotatable bonds is 5. The summed E-state index contributed by atoms with van der Waals surface area (Å²) in [5.74, 6) is 0.292. The van der Waals surface area contributed by atoms with E-state index in [1.165, 1.54) is 6.07 Å². The van der Waals surface area contributed by atoms with Crippen LogP contribution in [0.5, 0.6) is 0 Å². The predicted molar refractivity (Wildman–Crippen MR) is 72.3 cm³/mol. The Bertz CT molecular complexity index is 512. The summed E-state index contributed by atoms with van der Waals surface area (Å²) in [6.07, 6.45) is 2.28. The lowest BCUT2D eigenvalue weighted by Gasteiger charge is -2.13. The van der Waals surface area contributed by atoms with Gasteiger partial charge in [-0.15, -0.1) is 0 Å². The highest BCUT2D eigenvalue weighted by Crippen LogP contribution is 2.32. The van der Waals surface area contributed by atoms with E-state index in [4.69, 9.17) is 0 Å². The van der Waals surface area contributed by atoms with Gasteiger partial charge in [0.2, 0.25) is 0 Å². The van der Waals surface area contributed by atoms with Crippen LogP contribution < -0.4 is 10.6 Å². The Morgan fingerprint density at radius 1 is 1.47 bits per heavy atom. The highest BCUT2D eigenvalue weighted by atomic mass is 16.6. The molecule has 1 saturated carbocycles. The summed E-state index contributed by atoms with van der Waals surface area (Å²) >= 11 is 0. The lowest BCUT2D eigenvalue weighted by molar-refractivity contribution is -0.384. The number of nitro benzene ring substituents is 1. The third-order valence-corrected chi connectivity index (χ3v) is 3.41. The lowest BCUT2D eigenvalue weighted by atomic mass is 10.1. The van der Waals surface area contributed by atoms with Crippen LogP contribution in [0.2, 0.25) is 0 Å². The fourth-order valence-corrected chi connectivity index (χ4v) is 2.04. The zero-order valence-electron chi connectivity index (χ0n) is 11.0. The molecule has 0 aromatic heterocycles. The molecule has 0 aliphatic heterocycles. The molecule has 0 unspecified atom stereocenters. The number of hydrogen-bond donors (Lipinski definition) is 2. The van der Waals surface area contributed by atoms with Gasteiger partial charge in [-0.2, -0.15) is 0 Å². The highest BCUT2D eigenvalue weighted by Gasteiger charge is 2.29. The quantitative estimate of drug-likeness (QED) is 0.629. The van der Waals surface area contributed by atoms with Crippen molar-refractivity contribution >= 4 is 17.3 Å². The normalized spacial score (nSPS) is 15.7. The molecule has 2 N–H and O–H groups in total. The predicted octanol–water partition coefficient (Wildman–Crippen LogP) is 2.16. The molecule has 0 radical (unpaired) electrons. The molecule has 1 aromatic carbocycles. The SMILES string of the molecule is CNc1ccc(C(=O)N[C@H](C)C2CC2)cc1[N+](=O)[O-]. The Morgan fingerprint density at radius 3 is 2.68 bits per heavy atom. The zero-order chi connectivity index (χ0) is 14.0. The Labute approximate surface area is 111 Å². The van der Waals surface area contributed by atoms with E-state index in [2.05, 4.69) is 10.6 Å². The molecule has 1 aliphatic rings.